The lowest BCUT2D eigenvalue weighted by Crippen LogP contribution is -2.46. The Kier molecular flexibility index (Phi) is 5.51. The zero-order valence-electron chi connectivity index (χ0n) is 13.0. The van der Waals surface area contributed by atoms with Gasteiger partial charge >= 0.3 is 6.18 Å². The van der Waals surface area contributed by atoms with Crippen LogP contribution < -0.4 is 10.1 Å². The van der Waals surface area contributed by atoms with Crippen molar-refractivity contribution < 1.29 is 27.4 Å². The molecule has 1 saturated heterocycles. The summed E-state index contributed by atoms with van der Waals surface area (Å²) in [6.07, 6.45) is -3.54. The van der Waals surface area contributed by atoms with Crippen LogP contribution in [-0.4, -0.2) is 30.8 Å². The molecule has 0 unspecified atom stereocenters. The van der Waals surface area contributed by atoms with Crippen LogP contribution in [0.3, 0.4) is 0 Å². The minimum absolute atomic E-state index is 0.00671. The molecule has 3 atom stereocenters. The Labute approximate surface area is 133 Å². The van der Waals surface area contributed by atoms with Gasteiger partial charge in [-0.25, -0.2) is 0 Å². The number of nitrogens with one attached hydrogen (secondary N) is 1. The fourth-order valence-corrected chi connectivity index (χ4v) is 2.43. The lowest BCUT2D eigenvalue weighted by molar-refractivity contribution is -0.137. The van der Waals surface area contributed by atoms with Gasteiger partial charge in [-0.1, -0.05) is 6.07 Å². The lowest BCUT2D eigenvalue weighted by atomic mass is 10.1. The van der Waals surface area contributed by atoms with Crippen LogP contribution in [0.15, 0.2) is 24.3 Å². The van der Waals surface area contributed by atoms with E-state index in [-0.39, 0.29) is 23.8 Å². The van der Waals surface area contributed by atoms with Crippen molar-refractivity contribution in [3.63, 3.8) is 0 Å². The van der Waals surface area contributed by atoms with Gasteiger partial charge in [-0.3, -0.25) is 4.79 Å². The number of alkyl halides is 3. The highest BCUT2D eigenvalue weighted by molar-refractivity contribution is 5.81. The molecule has 7 heteroatoms. The number of hydrogen-bond donors (Lipinski definition) is 1. The number of hydrogen-bond acceptors (Lipinski definition) is 3. The number of ether oxygens (including phenoxy) is 2. The van der Waals surface area contributed by atoms with Crippen LogP contribution in [-0.2, 0) is 15.7 Å². The van der Waals surface area contributed by atoms with E-state index in [2.05, 4.69) is 5.32 Å². The molecule has 1 aliphatic heterocycles. The lowest BCUT2D eigenvalue weighted by Gasteiger charge is -2.22. The first-order valence-electron chi connectivity index (χ1n) is 7.53. The van der Waals surface area contributed by atoms with E-state index in [1.54, 1.807) is 0 Å². The molecule has 1 fully saturated rings. The van der Waals surface area contributed by atoms with E-state index >= 15 is 0 Å². The molecule has 0 aliphatic carbocycles. The van der Waals surface area contributed by atoms with Crippen molar-refractivity contribution in [3.05, 3.63) is 29.8 Å². The first-order valence-corrected chi connectivity index (χ1v) is 7.53. The third-order valence-corrected chi connectivity index (χ3v) is 3.74. The maximum Gasteiger partial charge on any atom is 0.416 e. The van der Waals surface area contributed by atoms with Crippen LogP contribution >= 0.6 is 0 Å². The second kappa shape index (κ2) is 7.21. The summed E-state index contributed by atoms with van der Waals surface area (Å²) < 4.78 is 48.8. The molecular formula is C16H20F3NO3. The maximum absolute atomic E-state index is 12.7. The van der Waals surface area contributed by atoms with Crippen LogP contribution in [0, 0.1) is 0 Å². The van der Waals surface area contributed by atoms with E-state index in [1.165, 1.54) is 19.1 Å². The van der Waals surface area contributed by atoms with E-state index in [9.17, 15) is 18.0 Å². The average molecular weight is 331 g/mol. The molecule has 1 aromatic carbocycles. The van der Waals surface area contributed by atoms with Gasteiger partial charge < -0.3 is 14.8 Å². The number of rotatable bonds is 5. The molecule has 4 nitrogen and oxygen atoms in total. The van der Waals surface area contributed by atoms with Crippen LogP contribution in [0.2, 0.25) is 0 Å². The molecule has 1 amide bonds. The Morgan fingerprint density at radius 3 is 2.74 bits per heavy atom. The molecule has 1 N–H and O–H groups in total. The monoisotopic (exact) mass is 331 g/mol. The summed E-state index contributed by atoms with van der Waals surface area (Å²) in [5.74, 6) is -0.377. The molecule has 0 spiro atoms. The maximum atomic E-state index is 12.7. The predicted molar refractivity (Wildman–Crippen MR) is 78.1 cm³/mol. The zero-order chi connectivity index (χ0) is 17.0. The summed E-state index contributed by atoms with van der Waals surface area (Å²) in [6.45, 7) is 4.02. The second-order valence-corrected chi connectivity index (χ2v) is 5.63. The van der Waals surface area contributed by atoms with E-state index < -0.39 is 17.8 Å². The Bertz CT molecular complexity index is 542. The van der Waals surface area contributed by atoms with E-state index in [4.69, 9.17) is 9.47 Å². The molecule has 0 radical (unpaired) electrons. The highest BCUT2D eigenvalue weighted by Gasteiger charge is 2.31. The van der Waals surface area contributed by atoms with Gasteiger partial charge in [0.2, 0.25) is 0 Å². The Morgan fingerprint density at radius 2 is 2.13 bits per heavy atom. The fourth-order valence-electron chi connectivity index (χ4n) is 2.43. The number of amides is 1. The summed E-state index contributed by atoms with van der Waals surface area (Å²) in [6, 6.07) is 4.31. The van der Waals surface area contributed by atoms with Crippen molar-refractivity contribution in [2.45, 2.75) is 51.1 Å². The summed E-state index contributed by atoms with van der Waals surface area (Å²) in [4.78, 5) is 12.1. The van der Waals surface area contributed by atoms with Crippen molar-refractivity contribution in [2.24, 2.45) is 0 Å². The third kappa shape index (κ3) is 4.86. The van der Waals surface area contributed by atoms with Crippen molar-refractivity contribution in [1.82, 2.24) is 5.32 Å². The van der Waals surface area contributed by atoms with Crippen LogP contribution in [0.1, 0.15) is 32.3 Å². The predicted octanol–water partition coefficient (Wildman–Crippen LogP) is 3.16. The zero-order valence-corrected chi connectivity index (χ0v) is 13.0. The van der Waals surface area contributed by atoms with Crippen LogP contribution in [0.5, 0.6) is 5.75 Å². The number of halogens is 3. The number of carbonyl (C=O) groups excluding carboxylic acids is 1. The Morgan fingerprint density at radius 1 is 1.39 bits per heavy atom. The molecular weight excluding hydrogens is 311 g/mol. The Hall–Kier alpha value is -1.76. The summed E-state index contributed by atoms with van der Waals surface area (Å²) >= 11 is 0. The molecule has 23 heavy (non-hydrogen) atoms. The number of carbonyl (C=O) groups is 1. The fraction of sp³-hybridized carbons (Fsp3) is 0.562. The summed E-state index contributed by atoms with van der Waals surface area (Å²) in [5.41, 5.74) is -0.810. The average Bonchev–Trinajstić information content (AvgIpc) is 3.00. The van der Waals surface area contributed by atoms with Gasteiger partial charge in [0, 0.05) is 6.61 Å². The SMILES string of the molecule is C[C@H](NC(=O)[C@@H](C)Oc1cccc(C(F)(F)F)c1)[C@H]1CCCO1. The first kappa shape index (κ1) is 17.6. The summed E-state index contributed by atoms with van der Waals surface area (Å²) in [7, 11) is 0. The van der Waals surface area contributed by atoms with Crippen molar-refractivity contribution in [2.75, 3.05) is 6.61 Å². The molecule has 1 aromatic rings. The first-order chi connectivity index (χ1) is 10.8. The number of benzene rings is 1. The molecule has 0 saturated carbocycles. The van der Waals surface area contributed by atoms with Gasteiger partial charge in [0.05, 0.1) is 17.7 Å². The van der Waals surface area contributed by atoms with Crippen LogP contribution in [0.4, 0.5) is 13.2 Å². The van der Waals surface area contributed by atoms with Gasteiger partial charge in [-0.15, -0.1) is 0 Å². The quantitative estimate of drug-likeness (QED) is 0.902. The molecule has 1 heterocycles. The second-order valence-electron chi connectivity index (χ2n) is 5.63. The smallest absolute Gasteiger partial charge is 0.416 e. The minimum atomic E-state index is -4.45. The highest BCUT2D eigenvalue weighted by Crippen LogP contribution is 2.31. The topological polar surface area (TPSA) is 47.6 Å². The molecule has 128 valence electrons. The summed E-state index contributed by atoms with van der Waals surface area (Å²) in [5, 5.41) is 2.78. The van der Waals surface area contributed by atoms with Gasteiger partial charge in [0.15, 0.2) is 6.10 Å². The van der Waals surface area contributed by atoms with E-state index in [0.29, 0.717) is 6.61 Å². The van der Waals surface area contributed by atoms with E-state index in [1.807, 2.05) is 6.92 Å². The van der Waals surface area contributed by atoms with Gasteiger partial charge in [0.25, 0.3) is 5.91 Å². The largest absolute Gasteiger partial charge is 0.481 e. The standard InChI is InChI=1S/C16H20F3NO3/c1-10(14-7-4-8-22-14)20-15(21)11(2)23-13-6-3-5-12(9-13)16(17,18)19/h3,5-6,9-11,14H,4,7-8H2,1-2H3,(H,20,21)/t10-,11+,14+/m0/s1. The van der Waals surface area contributed by atoms with Crippen molar-refractivity contribution >= 4 is 5.91 Å². The highest BCUT2D eigenvalue weighted by atomic mass is 19.4. The minimum Gasteiger partial charge on any atom is -0.481 e. The van der Waals surface area contributed by atoms with Gasteiger partial charge in [-0.05, 0) is 44.9 Å². The van der Waals surface area contributed by atoms with Gasteiger partial charge in [0.1, 0.15) is 5.75 Å². The normalized spacial score (nSPS) is 20.8. The molecule has 0 aromatic heterocycles. The third-order valence-electron chi connectivity index (χ3n) is 3.74. The van der Waals surface area contributed by atoms with Crippen LogP contribution in [0.25, 0.3) is 0 Å². The molecule has 0 bridgehead atoms. The Balaban J connectivity index is 1.93. The van der Waals surface area contributed by atoms with E-state index in [0.717, 1.165) is 25.0 Å². The van der Waals surface area contributed by atoms with Gasteiger partial charge in [-0.2, -0.15) is 13.2 Å². The van der Waals surface area contributed by atoms with Crippen molar-refractivity contribution in [3.8, 4) is 5.75 Å². The molecule has 2 rings (SSSR count). The molecule has 1 aliphatic rings. The van der Waals surface area contributed by atoms with Crippen molar-refractivity contribution in [1.29, 1.82) is 0 Å².